The fraction of sp³-hybridized carbons (Fsp3) is 0.600. The smallest absolute Gasteiger partial charge is 0.0394 e. The van der Waals surface area contributed by atoms with E-state index >= 15 is 0 Å². The molecule has 1 saturated heterocycles. The molecule has 1 aliphatic rings. The highest BCUT2D eigenvalue weighted by atomic mass is 79.9. The molecular formula is C15H23BrN2. The van der Waals surface area contributed by atoms with E-state index in [9.17, 15) is 0 Å². The summed E-state index contributed by atoms with van der Waals surface area (Å²) in [6, 6.07) is 6.52. The molecule has 0 spiro atoms. The highest BCUT2D eigenvalue weighted by molar-refractivity contribution is 9.10. The van der Waals surface area contributed by atoms with Gasteiger partial charge in [-0.1, -0.05) is 15.9 Å². The van der Waals surface area contributed by atoms with Gasteiger partial charge >= 0.3 is 0 Å². The van der Waals surface area contributed by atoms with Crippen LogP contribution in [0.3, 0.4) is 0 Å². The van der Waals surface area contributed by atoms with Crippen LogP contribution < -0.4 is 10.2 Å². The third-order valence-corrected chi connectivity index (χ3v) is 4.34. The zero-order chi connectivity index (χ0) is 13.0. The average Bonchev–Trinajstić information content (AvgIpc) is 2.37. The quantitative estimate of drug-likeness (QED) is 0.914. The lowest BCUT2D eigenvalue weighted by atomic mass is 9.96. The van der Waals surface area contributed by atoms with Crippen LogP contribution in [0.5, 0.6) is 0 Å². The van der Waals surface area contributed by atoms with E-state index in [0.717, 1.165) is 16.9 Å². The molecule has 0 amide bonds. The fourth-order valence-electron chi connectivity index (χ4n) is 2.71. The molecule has 1 heterocycles. The van der Waals surface area contributed by atoms with E-state index in [1.165, 1.54) is 43.6 Å². The molecule has 3 heteroatoms. The van der Waals surface area contributed by atoms with Gasteiger partial charge in [-0.05, 0) is 69.0 Å². The maximum Gasteiger partial charge on any atom is 0.0394 e. The van der Waals surface area contributed by atoms with E-state index in [1.54, 1.807) is 0 Å². The third-order valence-electron chi connectivity index (χ3n) is 3.84. The first-order chi connectivity index (χ1) is 8.66. The largest absolute Gasteiger partial charge is 0.374 e. The lowest BCUT2D eigenvalue weighted by Crippen LogP contribution is -2.32. The van der Waals surface area contributed by atoms with Gasteiger partial charge < -0.3 is 10.2 Å². The second-order valence-electron chi connectivity index (χ2n) is 5.35. The highest BCUT2D eigenvalue weighted by Crippen LogP contribution is 2.24. The molecule has 0 saturated carbocycles. The third kappa shape index (κ3) is 3.72. The number of rotatable bonds is 4. The van der Waals surface area contributed by atoms with Crippen molar-refractivity contribution in [1.29, 1.82) is 0 Å². The summed E-state index contributed by atoms with van der Waals surface area (Å²) in [5.41, 5.74) is 2.69. The second-order valence-corrected chi connectivity index (χ2v) is 6.27. The lowest BCUT2D eigenvalue weighted by Gasteiger charge is -2.27. The van der Waals surface area contributed by atoms with Gasteiger partial charge in [-0.15, -0.1) is 0 Å². The molecule has 1 unspecified atom stereocenters. The Morgan fingerprint density at radius 3 is 2.94 bits per heavy atom. The number of hydrogen-bond donors (Lipinski definition) is 1. The molecule has 1 aromatic rings. The Kier molecular flexibility index (Phi) is 5.07. The van der Waals surface area contributed by atoms with Gasteiger partial charge in [-0.3, -0.25) is 0 Å². The van der Waals surface area contributed by atoms with Crippen LogP contribution in [0.4, 0.5) is 5.69 Å². The minimum absolute atomic E-state index is 0.858. The van der Waals surface area contributed by atoms with Gasteiger partial charge in [-0.25, -0.2) is 0 Å². The van der Waals surface area contributed by atoms with E-state index in [-0.39, 0.29) is 0 Å². The topological polar surface area (TPSA) is 15.3 Å². The Bertz CT molecular complexity index is 386. The Morgan fingerprint density at radius 1 is 1.44 bits per heavy atom. The Balaban J connectivity index is 1.88. The second kappa shape index (κ2) is 6.58. The summed E-state index contributed by atoms with van der Waals surface area (Å²) >= 11 is 3.52. The van der Waals surface area contributed by atoms with Crippen LogP contribution in [0.15, 0.2) is 22.7 Å². The normalized spacial score (nSPS) is 19.8. The monoisotopic (exact) mass is 310 g/mol. The van der Waals surface area contributed by atoms with Crippen molar-refractivity contribution in [3.8, 4) is 0 Å². The van der Waals surface area contributed by atoms with Gasteiger partial charge in [0.25, 0.3) is 0 Å². The van der Waals surface area contributed by atoms with Gasteiger partial charge in [-0.2, -0.15) is 0 Å². The SMILES string of the molecule is Cc1cc(Br)ccc1N(C)CCC1CCCNC1. The molecule has 2 rings (SSSR count). The van der Waals surface area contributed by atoms with Crippen LogP contribution in [-0.4, -0.2) is 26.7 Å². The minimum Gasteiger partial charge on any atom is -0.374 e. The molecule has 1 atom stereocenters. The van der Waals surface area contributed by atoms with E-state index in [4.69, 9.17) is 0 Å². The van der Waals surface area contributed by atoms with E-state index in [0.29, 0.717) is 0 Å². The van der Waals surface area contributed by atoms with E-state index in [2.05, 4.69) is 58.3 Å². The van der Waals surface area contributed by atoms with Gasteiger partial charge in [0, 0.05) is 23.8 Å². The summed E-state index contributed by atoms with van der Waals surface area (Å²) in [4.78, 5) is 2.39. The molecule has 1 aromatic carbocycles. The number of hydrogen-bond acceptors (Lipinski definition) is 2. The Morgan fingerprint density at radius 2 is 2.28 bits per heavy atom. The maximum atomic E-state index is 3.52. The number of nitrogens with zero attached hydrogens (tertiary/aromatic N) is 1. The predicted octanol–water partition coefficient (Wildman–Crippen LogP) is 3.58. The molecule has 2 nitrogen and oxygen atoms in total. The van der Waals surface area contributed by atoms with Gasteiger partial charge in [0.05, 0.1) is 0 Å². The van der Waals surface area contributed by atoms with E-state index in [1.807, 2.05) is 0 Å². The van der Waals surface area contributed by atoms with Crippen molar-refractivity contribution in [2.24, 2.45) is 5.92 Å². The summed E-state index contributed by atoms with van der Waals surface area (Å²) < 4.78 is 1.16. The number of piperidine rings is 1. The average molecular weight is 311 g/mol. The number of nitrogens with one attached hydrogen (secondary N) is 1. The van der Waals surface area contributed by atoms with Gasteiger partial charge in [0.1, 0.15) is 0 Å². The fourth-order valence-corrected chi connectivity index (χ4v) is 3.19. The number of aryl methyl sites for hydroxylation is 1. The molecule has 1 fully saturated rings. The van der Waals surface area contributed by atoms with Gasteiger partial charge in [0.15, 0.2) is 0 Å². The minimum atomic E-state index is 0.858. The standard InChI is InChI=1S/C15H23BrN2/c1-12-10-14(16)5-6-15(12)18(2)9-7-13-4-3-8-17-11-13/h5-6,10,13,17H,3-4,7-9,11H2,1-2H3. The van der Waals surface area contributed by atoms with Crippen molar-refractivity contribution < 1.29 is 0 Å². The molecule has 1 N–H and O–H groups in total. The zero-order valence-electron chi connectivity index (χ0n) is 11.4. The van der Waals surface area contributed by atoms with Crippen LogP contribution in [-0.2, 0) is 0 Å². The van der Waals surface area contributed by atoms with Crippen LogP contribution in [0.1, 0.15) is 24.8 Å². The molecular weight excluding hydrogens is 288 g/mol. The van der Waals surface area contributed by atoms with Crippen molar-refractivity contribution >= 4 is 21.6 Å². The van der Waals surface area contributed by atoms with E-state index < -0.39 is 0 Å². The van der Waals surface area contributed by atoms with Crippen molar-refractivity contribution in [3.05, 3.63) is 28.2 Å². The highest BCUT2D eigenvalue weighted by Gasteiger charge is 2.14. The van der Waals surface area contributed by atoms with Gasteiger partial charge in [0.2, 0.25) is 0 Å². The molecule has 18 heavy (non-hydrogen) atoms. The first kappa shape index (κ1) is 13.9. The molecule has 0 radical (unpaired) electrons. The van der Waals surface area contributed by atoms with Crippen molar-refractivity contribution in [3.63, 3.8) is 0 Å². The molecule has 0 aromatic heterocycles. The first-order valence-corrected chi connectivity index (χ1v) is 7.64. The molecule has 100 valence electrons. The summed E-state index contributed by atoms with van der Waals surface area (Å²) in [5, 5.41) is 3.49. The summed E-state index contributed by atoms with van der Waals surface area (Å²) in [6.45, 7) is 5.74. The molecule has 0 bridgehead atoms. The van der Waals surface area contributed by atoms with Crippen LogP contribution >= 0.6 is 15.9 Å². The summed E-state index contributed by atoms with van der Waals surface area (Å²) in [6.07, 6.45) is 4.02. The number of anilines is 1. The van der Waals surface area contributed by atoms with Crippen molar-refractivity contribution in [2.75, 3.05) is 31.6 Å². The number of halogens is 1. The maximum absolute atomic E-state index is 3.52. The van der Waals surface area contributed by atoms with Crippen LogP contribution in [0.25, 0.3) is 0 Å². The summed E-state index contributed by atoms with van der Waals surface area (Å²) in [7, 11) is 2.20. The predicted molar refractivity (Wildman–Crippen MR) is 82.4 cm³/mol. The zero-order valence-corrected chi connectivity index (χ0v) is 13.0. The lowest BCUT2D eigenvalue weighted by molar-refractivity contribution is 0.360. The van der Waals surface area contributed by atoms with Crippen LogP contribution in [0.2, 0.25) is 0 Å². The van der Waals surface area contributed by atoms with Crippen LogP contribution in [0, 0.1) is 12.8 Å². The number of benzene rings is 1. The van der Waals surface area contributed by atoms with Crippen molar-refractivity contribution in [2.45, 2.75) is 26.2 Å². The molecule has 1 aliphatic heterocycles. The summed E-state index contributed by atoms with van der Waals surface area (Å²) in [5.74, 6) is 0.858. The first-order valence-electron chi connectivity index (χ1n) is 6.85. The Labute approximate surface area is 119 Å². The molecule has 0 aliphatic carbocycles. The Hall–Kier alpha value is -0.540. The van der Waals surface area contributed by atoms with Crippen molar-refractivity contribution in [1.82, 2.24) is 5.32 Å².